The van der Waals surface area contributed by atoms with E-state index < -0.39 is 18.8 Å². The van der Waals surface area contributed by atoms with Crippen molar-refractivity contribution in [1.82, 2.24) is 9.97 Å². The molecule has 0 amide bonds. The van der Waals surface area contributed by atoms with Crippen LogP contribution < -0.4 is 10.6 Å². The van der Waals surface area contributed by atoms with E-state index >= 15 is 0 Å². The smallest absolute Gasteiger partial charge is 0.255 e. The van der Waals surface area contributed by atoms with Gasteiger partial charge in [0.05, 0.1) is 18.9 Å². The van der Waals surface area contributed by atoms with Crippen molar-refractivity contribution in [2.24, 2.45) is 5.73 Å². The van der Waals surface area contributed by atoms with Crippen molar-refractivity contribution < 1.29 is 13.2 Å². The molecular weight excluding hydrogens is 209 g/mol. The zero-order chi connectivity index (χ0) is 11.3. The van der Waals surface area contributed by atoms with Crippen LogP contribution in [0.4, 0.5) is 19.1 Å². The lowest BCUT2D eigenvalue weighted by molar-refractivity contribution is 0.154. The molecule has 0 unspecified atom stereocenters. The summed E-state index contributed by atoms with van der Waals surface area (Å²) in [6.45, 7) is -0.105. The number of hydrogen-bond acceptors (Lipinski definition) is 4. The summed E-state index contributed by atoms with van der Waals surface area (Å²) >= 11 is 0. The molecule has 0 atom stereocenters. The van der Waals surface area contributed by atoms with Crippen molar-refractivity contribution in [3.63, 3.8) is 0 Å². The molecule has 0 aliphatic heterocycles. The molecule has 2 N–H and O–H groups in total. The van der Waals surface area contributed by atoms with Crippen molar-refractivity contribution in [3.05, 3.63) is 18.2 Å². The Morgan fingerprint density at radius 1 is 1.33 bits per heavy atom. The molecule has 84 valence electrons. The van der Waals surface area contributed by atoms with E-state index in [2.05, 4.69) is 9.97 Å². The minimum atomic E-state index is -2.51. The Kier molecular flexibility index (Phi) is 4.29. The molecule has 0 radical (unpaired) electrons. The van der Waals surface area contributed by atoms with Gasteiger partial charge in [0.2, 0.25) is 5.95 Å². The summed E-state index contributed by atoms with van der Waals surface area (Å²) in [4.78, 5) is 8.41. The first-order valence-electron chi connectivity index (χ1n) is 4.34. The number of halogens is 3. The van der Waals surface area contributed by atoms with Crippen molar-refractivity contribution in [3.8, 4) is 0 Å². The Morgan fingerprint density at radius 2 is 1.93 bits per heavy atom. The highest BCUT2D eigenvalue weighted by Crippen LogP contribution is 2.08. The number of alkyl halides is 2. The molecule has 1 heterocycles. The third-order valence-corrected chi connectivity index (χ3v) is 1.65. The molecule has 0 aliphatic rings. The average Bonchev–Trinajstić information content (AvgIpc) is 2.17. The maximum atomic E-state index is 12.5. The topological polar surface area (TPSA) is 55.0 Å². The zero-order valence-corrected chi connectivity index (χ0v) is 7.91. The van der Waals surface area contributed by atoms with E-state index in [9.17, 15) is 13.2 Å². The van der Waals surface area contributed by atoms with Crippen LogP contribution in [-0.4, -0.2) is 36.0 Å². The fraction of sp³-hybridized carbons (Fsp3) is 0.500. The molecule has 1 aromatic heterocycles. The van der Waals surface area contributed by atoms with Gasteiger partial charge in [0.15, 0.2) is 5.82 Å². The van der Waals surface area contributed by atoms with Crippen LogP contribution in [0.25, 0.3) is 0 Å². The van der Waals surface area contributed by atoms with Gasteiger partial charge in [0, 0.05) is 13.1 Å². The third-order valence-electron chi connectivity index (χ3n) is 1.65. The Hall–Kier alpha value is -1.37. The fourth-order valence-corrected chi connectivity index (χ4v) is 1.06. The van der Waals surface area contributed by atoms with Gasteiger partial charge in [-0.15, -0.1) is 0 Å². The molecule has 0 aliphatic carbocycles. The van der Waals surface area contributed by atoms with Gasteiger partial charge in [0.25, 0.3) is 6.43 Å². The third kappa shape index (κ3) is 3.70. The first kappa shape index (κ1) is 11.7. The highest BCUT2D eigenvalue weighted by atomic mass is 19.3. The summed E-state index contributed by atoms with van der Waals surface area (Å²) in [6.07, 6.45) is -0.653. The fourth-order valence-electron chi connectivity index (χ4n) is 1.06. The second-order valence-electron chi connectivity index (χ2n) is 2.83. The normalized spacial score (nSPS) is 10.7. The van der Waals surface area contributed by atoms with E-state index in [4.69, 9.17) is 5.73 Å². The summed E-state index contributed by atoms with van der Waals surface area (Å²) in [5.41, 5.74) is 5.26. The largest absolute Gasteiger partial charge is 0.334 e. The number of nitrogens with two attached hydrogens (primary N) is 1. The van der Waals surface area contributed by atoms with Crippen LogP contribution in [0.3, 0.4) is 0 Å². The standard InChI is InChI=1S/C8H11F3N4/c9-6-3-13-8(14-4-6)15(2-1-12)5-7(10)11/h3-4,7H,1-2,5,12H2. The van der Waals surface area contributed by atoms with Crippen LogP contribution in [0.1, 0.15) is 0 Å². The Bertz CT molecular complexity index is 290. The van der Waals surface area contributed by atoms with Gasteiger partial charge in [-0.3, -0.25) is 0 Å². The van der Waals surface area contributed by atoms with Gasteiger partial charge in [-0.05, 0) is 0 Å². The molecule has 15 heavy (non-hydrogen) atoms. The first-order chi connectivity index (χ1) is 7.13. The van der Waals surface area contributed by atoms with Crippen LogP contribution in [0.5, 0.6) is 0 Å². The number of aromatic nitrogens is 2. The molecule has 4 nitrogen and oxygen atoms in total. The van der Waals surface area contributed by atoms with E-state index in [0.29, 0.717) is 0 Å². The van der Waals surface area contributed by atoms with Gasteiger partial charge in [-0.2, -0.15) is 0 Å². The summed E-state index contributed by atoms with van der Waals surface area (Å²) in [5, 5.41) is 0. The van der Waals surface area contributed by atoms with Crippen LogP contribution in [0, 0.1) is 5.82 Å². The predicted octanol–water partition coefficient (Wildman–Crippen LogP) is 0.646. The molecule has 0 saturated carbocycles. The molecule has 0 fully saturated rings. The van der Waals surface area contributed by atoms with Crippen LogP contribution in [-0.2, 0) is 0 Å². The second-order valence-corrected chi connectivity index (χ2v) is 2.83. The van der Waals surface area contributed by atoms with Gasteiger partial charge in [-0.25, -0.2) is 23.1 Å². The zero-order valence-electron chi connectivity index (χ0n) is 7.91. The van der Waals surface area contributed by atoms with Crippen LogP contribution in [0.2, 0.25) is 0 Å². The van der Waals surface area contributed by atoms with E-state index in [1.807, 2.05) is 0 Å². The number of rotatable bonds is 5. The van der Waals surface area contributed by atoms with Crippen molar-refractivity contribution >= 4 is 5.95 Å². The number of anilines is 1. The quantitative estimate of drug-likeness (QED) is 0.791. The van der Waals surface area contributed by atoms with E-state index in [1.54, 1.807) is 0 Å². The van der Waals surface area contributed by atoms with Gasteiger partial charge >= 0.3 is 0 Å². The second kappa shape index (κ2) is 5.50. The monoisotopic (exact) mass is 220 g/mol. The lowest BCUT2D eigenvalue weighted by Gasteiger charge is -2.20. The maximum absolute atomic E-state index is 12.5. The van der Waals surface area contributed by atoms with E-state index in [1.165, 1.54) is 4.90 Å². The summed E-state index contributed by atoms with van der Waals surface area (Å²) < 4.78 is 36.8. The Morgan fingerprint density at radius 3 is 2.40 bits per heavy atom. The minimum Gasteiger partial charge on any atom is -0.334 e. The molecule has 7 heteroatoms. The van der Waals surface area contributed by atoms with E-state index in [0.717, 1.165) is 12.4 Å². The first-order valence-corrected chi connectivity index (χ1v) is 4.34. The molecular formula is C8H11F3N4. The number of hydrogen-bond donors (Lipinski definition) is 1. The van der Waals surface area contributed by atoms with Gasteiger partial charge < -0.3 is 10.6 Å². The van der Waals surface area contributed by atoms with Crippen molar-refractivity contribution in [2.45, 2.75) is 6.43 Å². The highest BCUT2D eigenvalue weighted by Gasteiger charge is 2.14. The van der Waals surface area contributed by atoms with E-state index in [-0.39, 0.29) is 19.0 Å². The summed E-state index contributed by atoms with van der Waals surface area (Å²) in [5.74, 6) is -0.550. The molecule has 1 rings (SSSR count). The molecule has 0 spiro atoms. The molecule has 0 saturated heterocycles. The Labute approximate surface area is 84.9 Å². The van der Waals surface area contributed by atoms with Crippen molar-refractivity contribution in [2.75, 3.05) is 24.5 Å². The summed E-state index contributed by atoms with van der Waals surface area (Å²) in [7, 11) is 0. The highest BCUT2D eigenvalue weighted by molar-refractivity contribution is 5.28. The minimum absolute atomic E-state index is 0.0575. The van der Waals surface area contributed by atoms with Gasteiger partial charge in [0.1, 0.15) is 0 Å². The van der Waals surface area contributed by atoms with Crippen LogP contribution >= 0.6 is 0 Å². The lowest BCUT2D eigenvalue weighted by Crippen LogP contribution is -2.34. The SMILES string of the molecule is NCCN(CC(F)F)c1ncc(F)cn1. The van der Waals surface area contributed by atoms with Crippen LogP contribution in [0.15, 0.2) is 12.4 Å². The molecule has 1 aromatic rings. The van der Waals surface area contributed by atoms with Gasteiger partial charge in [-0.1, -0.05) is 0 Å². The number of nitrogens with zero attached hydrogens (tertiary/aromatic N) is 3. The predicted molar refractivity (Wildman–Crippen MR) is 49.3 cm³/mol. The Balaban J connectivity index is 2.74. The summed E-state index contributed by atoms with van der Waals surface area (Å²) in [6, 6.07) is 0. The lowest BCUT2D eigenvalue weighted by atomic mass is 10.5. The van der Waals surface area contributed by atoms with Crippen molar-refractivity contribution in [1.29, 1.82) is 0 Å². The molecule has 0 aromatic carbocycles. The maximum Gasteiger partial charge on any atom is 0.255 e. The average molecular weight is 220 g/mol. The molecule has 0 bridgehead atoms.